The number of thioether (sulfide) groups is 1. The van der Waals surface area contributed by atoms with Gasteiger partial charge in [-0.15, -0.1) is 0 Å². The number of amidine groups is 1. The Balaban J connectivity index is 0.000000309. The van der Waals surface area contributed by atoms with Crippen LogP contribution in [0.4, 0.5) is 0 Å². The lowest BCUT2D eigenvalue weighted by Gasteiger charge is -2.36. The first-order valence-electron chi connectivity index (χ1n) is 6.87. The van der Waals surface area contributed by atoms with E-state index < -0.39 is 10.1 Å². The highest BCUT2D eigenvalue weighted by atomic mass is 79.9. The molecule has 0 aromatic heterocycles. The van der Waals surface area contributed by atoms with E-state index in [2.05, 4.69) is 40.2 Å². The minimum absolute atomic E-state index is 0.0425. The molecule has 1 fully saturated rings. The molecule has 1 aliphatic heterocycles. The van der Waals surface area contributed by atoms with Gasteiger partial charge in [-0.3, -0.25) is 9.55 Å². The molecule has 122 valence electrons. The molecule has 8 heteroatoms. The Morgan fingerprint density at radius 1 is 1.50 bits per heavy atom. The van der Waals surface area contributed by atoms with Crippen molar-refractivity contribution in [3.05, 3.63) is 34.3 Å². The van der Waals surface area contributed by atoms with E-state index in [1.54, 1.807) is 11.8 Å². The van der Waals surface area contributed by atoms with E-state index in [9.17, 15) is 8.42 Å². The molecule has 0 bridgehead atoms. The van der Waals surface area contributed by atoms with Crippen LogP contribution in [0.3, 0.4) is 0 Å². The van der Waals surface area contributed by atoms with Gasteiger partial charge in [0.2, 0.25) is 0 Å². The molecular weight excluding hydrogens is 388 g/mol. The maximum absolute atomic E-state index is 9.19. The van der Waals surface area contributed by atoms with Crippen LogP contribution in [0.5, 0.6) is 0 Å². The third-order valence-corrected chi connectivity index (χ3v) is 5.30. The van der Waals surface area contributed by atoms with Crippen molar-refractivity contribution in [3.63, 3.8) is 0 Å². The average molecular weight is 407 g/mol. The zero-order valence-corrected chi connectivity index (χ0v) is 15.4. The summed E-state index contributed by atoms with van der Waals surface area (Å²) < 4.78 is 27.0. The van der Waals surface area contributed by atoms with Crippen molar-refractivity contribution in [2.24, 2.45) is 16.6 Å². The smallest absolute Gasteiger partial charge is 0.261 e. The molecule has 0 radical (unpaired) electrons. The largest absolute Gasteiger partial charge is 0.379 e. The summed E-state index contributed by atoms with van der Waals surface area (Å²) in [6, 6.07) is 8.55. The van der Waals surface area contributed by atoms with Gasteiger partial charge in [0.05, 0.1) is 11.8 Å². The van der Waals surface area contributed by atoms with E-state index >= 15 is 0 Å². The number of hydrogen-bond acceptors (Lipinski definition) is 5. The van der Waals surface area contributed by atoms with Gasteiger partial charge < -0.3 is 5.73 Å². The maximum Gasteiger partial charge on any atom is 0.261 e. The standard InChI is InChI=1S/C13H15BrN2S.CH4O3S/c14-11-5-1-3-9(7-11)13-6-2-4-10(13)8-17-12(15)16-13;1-5(2,3)4/h1,3,5,7,10H,2,4,6,8H2,(H2,15,16);1H3,(H,2,3,4). The lowest BCUT2D eigenvalue weighted by atomic mass is 9.82. The minimum atomic E-state index is -3.67. The Kier molecular flexibility index (Phi) is 5.58. The molecule has 1 saturated carbocycles. The number of halogens is 1. The van der Waals surface area contributed by atoms with Gasteiger partial charge in [-0.05, 0) is 36.5 Å². The Labute approximate surface area is 143 Å². The summed E-state index contributed by atoms with van der Waals surface area (Å²) in [5.41, 5.74) is 7.23. The molecule has 0 saturated heterocycles. The third kappa shape index (κ3) is 4.47. The van der Waals surface area contributed by atoms with Crippen LogP contribution < -0.4 is 5.73 Å². The second-order valence-electron chi connectivity index (χ2n) is 5.52. The monoisotopic (exact) mass is 406 g/mol. The van der Waals surface area contributed by atoms with Crippen molar-refractivity contribution in [2.45, 2.75) is 24.8 Å². The van der Waals surface area contributed by atoms with Gasteiger partial charge in [0.1, 0.15) is 0 Å². The van der Waals surface area contributed by atoms with Crippen molar-refractivity contribution < 1.29 is 13.0 Å². The van der Waals surface area contributed by atoms with Crippen LogP contribution in [-0.4, -0.2) is 30.1 Å². The fraction of sp³-hybridized carbons (Fsp3) is 0.500. The van der Waals surface area contributed by atoms with Gasteiger partial charge in [-0.25, -0.2) is 0 Å². The van der Waals surface area contributed by atoms with Gasteiger partial charge in [-0.1, -0.05) is 46.2 Å². The summed E-state index contributed by atoms with van der Waals surface area (Å²) in [7, 11) is -3.67. The molecule has 3 N–H and O–H groups in total. The topological polar surface area (TPSA) is 92.8 Å². The highest BCUT2D eigenvalue weighted by Gasteiger charge is 2.46. The fourth-order valence-corrected chi connectivity index (χ4v) is 4.49. The molecule has 1 aliphatic carbocycles. The molecular formula is C14H19BrN2O3S2. The molecule has 2 atom stereocenters. The Hall–Kier alpha value is -0.570. The molecule has 0 spiro atoms. The molecule has 22 heavy (non-hydrogen) atoms. The predicted octanol–water partition coefficient (Wildman–Crippen LogP) is 3.01. The van der Waals surface area contributed by atoms with Gasteiger partial charge in [-0.2, -0.15) is 8.42 Å². The molecule has 1 aromatic rings. The molecule has 1 heterocycles. The summed E-state index contributed by atoms with van der Waals surface area (Å²) in [5.74, 6) is 1.76. The highest BCUT2D eigenvalue weighted by molar-refractivity contribution is 9.10. The summed E-state index contributed by atoms with van der Waals surface area (Å²) in [6.45, 7) is 0. The van der Waals surface area contributed by atoms with Crippen LogP contribution >= 0.6 is 27.7 Å². The van der Waals surface area contributed by atoms with Crippen molar-refractivity contribution in [1.29, 1.82) is 0 Å². The van der Waals surface area contributed by atoms with Crippen LogP contribution in [0.15, 0.2) is 33.7 Å². The van der Waals surface area contributed by atoms with E-state index in [4.69, 9.17) is 15.3 Å². The summed E-state index contributed by atoms with van der Waals surface area (Å²) >= 11 is 5.26. The normalized spacial score (nSPS) is 27.4. The highest BCUT2D eigenvalue weighted by Crippen LogP contribution is 2.50. The summed E-state index contributed by atoms with van der Waals surface area (Å²) in [4.78, 5) is 4.82. The number of nitrogens with two attached hydrogens (primary N) is 1. The van der Waals surface area contributed by atoms with Crippen molar-refractivity contribution in [3.8, 4) is 0 Å². The Morgan fingerprint density at radius 2 is 2.18 bits per heavy atom. The molecule has 3 rings (SSSR count). The molecule has 5 nitrogen and oxygen atoms in total. The van der Waals surface area contributed by atoms with Crippen LogP contribution in [0.25, 0.3) is 0 Å². The van der Waals surface area contributed by atoms with Crippen LogP contribution in [0.2, 0.25) is 0 Å². The van der Waals surface area contributed by atoms with E-state index in [1.807, 2.05) is 0 Å². The first-order chi connectivity index (χ1) is 10.2. The van der Waals surface area contributed by atoms with E-state index in [1.165, 1.54) is 18.4 Å². The minimum Gasteiger partial charge on any atom is -0.379 e. The number of aliphatic imine (C=N–C) groups is 1. The van der Waals surface area contributed by atoms with Crippen LogP contribution in [0.1, 0.15) is 24.8 Å². The Bertz CT molecular complexity index is 670. The van der Waals surface area contributed by atoms with Crippen molar-refractivity contribution >= 4 is 43.0 Å². The third-order valence-electron chi connectivity index (χ3n) is 3.85. The molecule has 1 aromatic carbocycles. The average Bonchev–Trinajstić information content (AvgIpc) is 2.80. The lowest BCUT2D eigenvalue weighted by molar-refractivity contribution is 0.355. The van der Waals surface area contributed by atoms with Crippen LogP contribution in [0, 0.1) is 5.92 Å². The first kappa shape index (κ1) is 17.8. The zero-order chi connectivity index (χ0) is 16.4. The molecule has 2 unspecified atom stereocenters. The van der Waals surface area contributed by atoms with Crippen LogP contribution in [-0.2, 0) is 15.7 Å². The number of nitrogens with zero attached hydrogens (tertiary/aromatic N) is 1. The maximum atomic E-state index is 9.19. The zero-order valence-electron chi connectivity index (χ0n) is 12.2. The quantitative estimate of drug-likeness (QED) is 0.699. The van der Waals surface area contributed by atoms with Crippen molar-refractivity contribution in [2.75, 3.05) is 12.0 Å². The van der Waals surface area contributed by atoms with E-state index in [0.29, 0.717) is 12.2 Å². The Morgan fingerprint density at radius 3 is 2.82 bits per heavy atom. The summed E-state index contributed by atoms with van der Waals surface area (Å²) in [6.07, 6.45) is 4.38. The molecule has 0 amide bonds. The summed E-state index contributed by atoms with van der Waals surface area (Å²) in [5, 5.41) is 0.753. The van der Waals surface area contributed by atoms with Gasteiger partial charge >= 0.3 is 0 Å². The number of benzene rings is 1. The second-order valence-corrected chi connectivity index (χ2v) is 8.94. The molecule has 2 aliphatic rings. The van der Waals surface area contributed by atoms with Gasteiger partial charge in [0.15, 0.2) is 5.17 Å². The number of hydrogen-bond donors (Lipinski definition) is 2. The lowest BCUT2D eigenvalue weighted by Crippen LogP contribution is -2.36. The van der Waals surface area contributed by atoms with E-state index in [-0.39, 0.29) is 5.54 Å². The van der Waals surface area contributed by atoms with Gasteiger partial charge in [0.25, 0.3) is 10.1 Å². The second kappa shape index (κ2) is 6.90. The number of fused-ring (bicyclic) bond motifs is 1. The predicted molar refractivity (Wildman–Crippen MR) is 94.7 cm³/mol. The number of rotatable bonds is 1. The SMILES string of the molecule is CS(=O)(=O)O.NC1=NC2(c3cccc(Br)c3)CCCC2CS1. The fourth-order valence-electron chi connectivity index (χ4n) is 3.05. The van der Waals surface area contributed by atoms with Gasteiger partial charge in [0, 0.05) is 10.2 Å². The first-order valence-corrected chi connectivity index (χ1v) is 10.5. The van der Waals surface area contributed by atoms with E-state index in [0.717, 1.165) is 21.8 Å². The van der Waals surface area contributed by atoms with Crippen molar-refractivity contribution in [1.82, 2.24) is 0 Å².